The summed E-state index contributed by atoms with van der Waals surface area (Å²) in [5.74, 6) is -0.0935. The number of nitrogens with zero attached hydrogens (tertiary/aromatic N) is 1. The van der Waals surface area contributed by atoms with Crippen molar-refractivity contribution in [3.63, 3.8) is 0 Å². The molecule has 0 aliphatic carbocycles. The second kappa shape index (κ2) is 4.46. The predicted octanol–water partition coefficient (Wildman–Crippen LogP) is 0.554. The van der Waals surface area contributed by atoms with Crippen LogP contribution in [0.1, 0.15) is 0 Å². The molecule has 0 saturated carbocycles. The number of aromatic nitrogens is 1. The van der Waals surface area contributed by atoms with Crippen LogP contribution < -0.4 is 11.1 Å². The van der Waals surface area contributed by atoms with Crippen molar-refractivity contribution in [2.45, 2.75) is 6.10 Å². The van der Waals surface area contributed by atoms with Crippen molar-refractivity contribution in [2.24, 2.45) is 5.73 Å². The van der Waals surface area contributed by atoms with Gasteiger partial charge in [-0.2, -0.15) is 0 Å². The molecular formula is C10H11N3O2S. The number of thiophene rings is 1. The van der Waals surface area contributed by atoms with Gasteiger partial charge in [-0.1, -0.05) is 0 Å². The highest BCUT2D eigenvalue weighted by Crippen LogP contribution is 2.25. The molecule has 0 aromatic carbocycles. The summed E-state index contributed by atoms with van der Waals surface area (Å²) in [5, 5.41) is 15.1. The Morgan fingerprint density at radius 1 is 1.62 bits per heavy atom. The first kappa shape index (κ1) is 10.8. The number of pyridine rings is 1. The molecule has 16 heavy (non-hydrogen) atoms. The maximum absolute atomic E-state index is 10.6. The number of rotatable bonds is 4. The van der Waals surface area contributed by atoms with Crippen LogP contribution in [-0.4, -0.2) is 28.6 Å². The van der Waals surface area contributed by atoms with Crippen molar-refractivity contribution in [1.82, 2.24) is 4.98 Å². The number of aliphatic hydroxyl groups excluding tert-OH is 1. The Kier molecular flexibility index (Phi) is 3.02. The van der Waals surface area contributed by atoms with E-state index in [4.69, 9.17) is 5.73 Å². The van der Waals surface area contributed by atoms with Gasteiger partial charge < -0.3 is 16.2 Å². The quantitative estimate of drug-likeness (QED) is 0.724. The first-order valence-corrected chi connectivity index (χ1v) is 5.60. The molecule has 4 N–H and O–H groups in total. The van der Waals surface area contributed by atoms with Crippen LogP contribution >= 0.6 is 11.3 Å². The molecule has 0 spiro atoms. The van der Waals surface area contributed by atoms with Crippen LogP contribution in [0.2, 0.25) is 0 Å². The summed E-state index contributed by atoms with van der Waals surface area (Å²) >= 11 is 1.61. The molecular weight excluding hydrogens is 226 g/mol. The Hall–Kier alpha value is -1.66. The predicted molar refractivity (Wildman–Crippen MR) is 63.3 cm³/mol. The van der Waals surface area contributed by atoms with Gasteiger partial charge in [-0.25, -0.2) is 4.98 Å². The second-order valence-electron chi connectivity index (χ2n) is 3.29. The lowest BCUT2D eigenvalue weighted by atomic mass is 10.3. The van der Waals surface area contributed by atoms with Crippen molar-refractivity contribution < 1.29 is 9.90 Å². The number of carbonyl (C=O) groups excluding carboxylic acids is 1. The van der Waals surface area contributed by atoms with E-state index in [1.807, 2.05) is 17.5 Å². The minimum Gasteiger partial charge on any atom is -0.381 e. The maximum atomic E-state index is 10.6. The van der Waals surface area contributed by atoms with Gasteiger partial charge in [-0.3, -0.25) is 4.79 Å². The Balaban J connectivity index is 2.15. The summed E-state index contributed by atoms with van der Waals surface area (Å²) in [6.45, 7) is 0.0668. The lowest BCUT2D eigenvalue weighted by Crippen LogP contribution is -2.34. The van der Waals surface area contributed by atoms with Gasteiger partial charge in [0.15, 0.2) is 0 Å². The molecule has 1 unspecified atom stereocenters. The number of hydrogen-bond donors (Lipinski definition) is 3. The molecule has 1 atom stereocenters. The minimum absolute atomic E-state index is 0.0668. The third kappa shape index (κ3) is 2.12. The molecule has 1 amide bonds. The van der Waals surface area contributed by atoms with Gasteiger partial charge in [0.1, 0.15) is 11.9 Å². The van der Waals surface area contributed by atoms with Crippen LogP contribution in [0, 0.1) is 0 Å². The molecule has 2 aromatic heterocycles. The average Bonchev–Trinajstić information content (AvgIpc) is 2.73. The first-order chi connectivity index (χ1) is 7.68. The van der Waals surface area contributed by atoms with Gasteiger partial charge in [0, 0.05) is 16.3 Å². The standard InChI is InChI=1S/C10H11N3O2S/c11-9(15)7(14)5-13-10-6-2-4-16-8(6)1-3-12-10/h1-4,7,14H,5H2,(H2,11,15)(H,12,13). The number of aliphatic hydroxyl groups is 1. The third-order valence-electron chi connectivity index (χ3n) is 2.17. The first-order valence-electron chi connectivity index (χ1n) is 4.72. The molecule has 2 heterocycles. The monoisotopic (exact) mass is 237 g/mol. The largest absolute Gasteiger partial charge is 0.381 e. The SMILES string of the molecule is NC(=O)C(O)CNc1nccc2sccc12. The van der Waals surface area contributed by atoms with E-state index < -0.39 is 12.0 Å². The minimum atomic E-state index is -1.20. The number of nitrogens with two attached hydrogens (primary N) is 1. The number of fused-ring (bicyclic) bond motifs is 1. The molecule has 5 nitrogen and oxygen atoms in total. The molecule has 0 aliphatic heterocycles. The molecule has 0 bridgehead atoms. The summed E-state index contributed by atoms with van der Waals surface area (Å²) in [5.41, 5.74) is 4.95. The van der Waals surface area contributed by atoms with Crippen molar-refractivity contribution in [3.05, 3.63) is 23.7 Å². The van der Waals surface area contributed by atoms with E-state index in [2.05, 4.69) is 10.3 Å². The topological polar surface area (TPSA) is 88.2 Å². The van der Waals surface area contributed by atoms with Crippen molar-refractivity contribution in [2.75, 3.05) is 11.9 Å². The highest BCUT2D eigenvalue weighted by Gasteiger charge is 2.11. The Morgan fingerprint density at radius 2 is 2.44 bits per heavy atom. The van der Waals surface area contributed by atoms with E-state index in [0.29, 0.717) is 5.82 Å². The maximum Gasteiger partial charge on any atom is 0.248 e. The van der Waals surface area contributed by atoms with Gasteiger partial charge in [-0.05, 0) is 17.5 Å². The molecule has 2 rings (SSSR count). The highest BCUT2D eigenvalue weighted by atomic mass is 32.1. The smallest absolute Gasteiger partial charge is 0.248 e. The Labute approximate surface area is 95.9 Å². The molecule has 0 radical (unpaired) electrons. The molecule has 0 saturated heterocycles. The van der Waals surface area contributed by atoms with Crippen LogP contribution in [0.4, 0.5) is 5.82 Å². The van der Waals surface area contributed by atoms with Gasteiger partial charge >= 0.3 is 0 Å². The lowest BCUT2D eigenvalue weighted by molar-refractivity contribution is -0.125. The van der Waals surface area contributed by atoms with E-state index in [1.54, 1.807) is 17.5 Å². The van der Waals surface area contributed by atoms with Crippen molar-refractivity contribution >= 4 is 33.1 Å². The molecule has 6 heteroatoms. The van der Waals surface area contributed by atoms with Crippen molar-refractivity contribution in [3.8, 4) is 0 Å². The zero-order valence-corrected chi connectivity index (χ0v) is 9.20. The van der Waals surface area contributed by atoms with E-state index in [1.165, 1.54) is 0 Å². The Morgan fingerprint density at radius 3 is 3.19 bits per heavy atom. The van der Waals surface area contributed by atoms with Crippen LogP contribution in [0.5, 0.6) is 0 Å². The van der Waals surface area contributed by atoms with E-state index >= 15 is 0 Å². The van der Waals surface area contributed by atoms with Gasteiger partial charge in [0.2, 0.25) is 5.91 Å². The number of carbonyl (C=O) groups is 1. The number of nitrogens with one attached hydrogen (secondary N) is 1. The van der Waals surface area contributed by atoms with Crippen LogP contribution in [0.3, 0.4) is 0 Å². The zero-order chi connectivity index (χ0) is 11.5. The van der Waals surface area contributed by atoms with Gasteiger partial charge in [0.05, 0.1) is 6.54 Å². The third-order valence-corrected chi connectivity index (χ3v) is 3.05. The van der Waals surface area contributed by atoms with Gasteiger partial charge in [0.25, 0.3) is 0 Å². The van der Waals surface area contributed by atoms with E-state index in [0.717, 1.165) is 10.1 Å². The summed E-state index contributed by atoms with van der Waals surface area (Å²) in [7, 11) is 0. The van der Waals surface area contributed by atoms with Crippen molar-refractivity contribution in [1.29, 1.82) is 0 Å². The second-order valence-corrected chi connectivity index (χ2v) is 4.24. The number of primary amides is 1. The molecule has 0 aliphatic rings. The Bertz CT molecular complexity index is 511. The summed E-state index contributed by atoms with van der Waals surface area (Å²) in [6, 6.07) is 3.85. The van der Waals surface area contributed by atoms with E-state index in [9.17, 15) is 9.90 Å². The molecule has 0 fully saturated rings. The number of amides is 1. The number of anilines is 1. The fourth-order valence-electron chi connectivity index (χ4n) is 1.33. The highest BCUT2D eigenvalue weighted by molar-refractivity contribution is 7.17. The summed E-state index contributed by atoms with van der Waals surface area (Å²) in [6.07, 6.45) is 0.480. The number of hydrogen-bond acceptors (Lipinski definition) is 5. The fraction of sp³-hybridized carbons (Fsp3) is 0.200. The fourth-order valence-corrected chi connectivity index (χ4v) is 2.11. The van der Waals surface area contributed by atoms with Gasteiger partial charge in [-0.15, -0.1) is 11.3 Å². The van der Waals surface area contributed by atoms with Crippen LogP contribution in [-0.2, 0) is 4.79 Å². The normalized spacial score (nSPS) is 12.6. The molecule has 84 valence electrons. The summed E-state index contributed by atoms with van der Waals surface area (Å²) in [4.78, 5) is 14.8. The molecule has 2 aromatic rings. The van der Waals surface area contributed by atoms with Crippen LogP contribution in [0.15, 0.2) is 23.7 Å². The zero-order valence-electron chi connectivity index (χ0n) is 8.38. The van der Waals surface area contributed by atoms with E-state index in [-0.39, 0.29) is 6.54 Å². The lowest BCUT2D eigenvalue weighted by Gasteiger charge is -2.09. The average molecular weight is 237 g/mol. The van der Waals surface area contributed by atoms with Crippen LogP contribution in [0.25, 0.3) is 10.1 Å². The summed E-state index contributed by atoms with van der Waals surface area (Å²) < 4.78 is 1.10.